The Labute approximate surface area is 150 Å². The van der Waals surface area contributed by atoms with Gasteiger partial charge >= 0.3 is 0 Å². The standard InChI is InChI=1S/C19H20BrNO3/c1-23-13-9-10-15(18(12-13)24-2)17-8-5-11-21(17)19(22)14-6-3-4-7-16(14)20/h3-4,6-7,9-10,12,17H,5,8,11H2,1-2H3/t17-/m1/s1. The average molecular weight is 390 g/mol. The van der Waals surface area contributed by atoms with E-state index in [4.69, 9.17) is 9.47 Å². The molecule has 0 bridgehead atoms. The number of nitrogens with zero attached hydrogens (tertiary/aromatic N) is 1. The number of carbonyl (C=O) groups excluding carboxylic acids is 1. The molecule has 0 unspecified atom stereocenters. The monoisotopic (exact) mass is 389 g/mol. The molecule has 1 saturated heterocycles. The Kier molecular flexibility index (Phi) is 5.09. The lowest BCUT2D eigenvalue weighted by molar-refractivity contribution is 0.0733. The van der Waals surface area contributed by atoms with E-state index in [0.717, 1.165) is 40.9 Å². The van der Waals surface area contributed by atoms with Crippen molar-refractivity contribution in [3.63, 3.8) is 0 Å². The summed E-state index contributed by atoms with van der Waals surface area (Å²) in [6.45, 7) is 0.750. The maximum Gasteiger partial charge on any atom is 0.255 e. The molecule has 2 aromatic rings. The highest BCUT2D eigenvalue weighted by Gasteiger charge is 2.33. The van der Waals surface area contributed by atoms with Gasteiger partial charge in [0.15, 0.2) is 0 Å². The molecule has 1 atom stereocenters. The van der Waals surface area contributed by atoms with Crippen LogP contribution < -0.4 is 9.47 Å². The number of hydrogen-bond acceptors (Lipinski definition) is 3. The van der Waals surface area contributed by atoms with Gasteiger partial charge in [-0.1, -0.05) is 12.1 Å². The number of rotatable bonds is 4. The van der Waals surface area contributed by atoms with Gasteiger partial charge in [0.1, 0.15) is 11.5 Å². The van der Waals surface area contributed by atoms with Crippen LogP contribution in [0.1, 0.15) is 34.8 Å². The van der Waals surface area contributed by atoms with E-state index in [1.54, 1.807) is 14.2 Å². The van der Waals surface area contributed by atoms with Crippen molar-refractivity contribution in [2.24, 2.45) is 0 Å². The molecule has 1 amide bonds. The molecule has 3 rings (SSSR count). The molecule has 126 valence electrons. The van der Waals surface area contributed by atoms with Crippen LogP contribution in [0.5, 0.6) is 11.5 Å². The first-order valence-corrected chi connectivity index (χ1v) is 8.72. The van der Waals surface area contributed by atoms with Gasteiger partial charge in [0.25, 0.3) is 5.91 Å². The predicted octanol–water partition coefficient (Wildman–Crippen LogP) is 4.44. The van der Waals surface area contributed by atoms with Crippen molar-refractivity contribution in [1.29, 1.82) is 0 Å². The van der Waals surface area contributed by atoms with Crippen LogP contribution in [0.3, 0.4) is 0 Å². The van der Waals surface area contributed by atoms with Gasteiger partial charge in [-0.3, -0.25) is 4.79 Å². The van der Waals surface area contributed by atoms with Crippen molar-refractivity contribution >= 4 is 21.8 Å². The molecule has 0 spiro atoms. The Bertz CT molecular complexity index is 747. The van der Waals surface area contributed by atoms with Crippen molar-refractivity contribution in [3.8, 4) is 11.5 Å². The van der Waals surface area contributed by atoms with Crippen molar-refractivity contribution in [3.05, 3.63) is 58.1 Å². The van der Waals surface area contributed by atoms with Gasteiger partial charge in [0.2, 0.25) is 0 Å². The number of methoxy groups -OCH3 is 2. The molecular weight excluding hydrogens is 370 g/mol. The quantitative estimate of drug-likeness (QED) is 0.775. The van der Waals surface area contributed by atoms with E-state index in [2.05, 4.69) is 15.9 Å². The van der Waals surface area contributed by atoms with Gasteiger partial charge in [-0.05, 0) is 53.0 Å². The lowest BCUT2D eigenvalue weighted by Crippen LogP contribution is -2.31. The third kappa shape index (κ3) is 3.13. The average Bonchev–Trinajstić information content (AvgIpc) is 3.10. The molecule has 0 saturated carbocycles. The van der Waals surface area contributed by atoms with Gasteiger partial charge in [0.05, 0.1) is 25.8 Å². The lowest BCUT2D eigenvalue weighted by atomic mass is 10.0. The van der Waals surface area contributed by atoms with Crippen LogP contribution >= 0.6 is 15.9 Å². The third-order valence-corrected chi connectivity index (χ3v) is 5.11. The van der Waals surface area contributed by atoms with Crippen molar-refractivity contribution < 1.29 is 14.3 Å². The molecule has 1 fully saturated rings. The minimum absolute atomic E-state index is 0.0189. The van der Waals surface area contributed by atoms with Crippen LogP contribution in [-0.4, -0.2) is 31.6 Å². The number of hydrogen-bond donors (Lipinski definition) is 0. The summed E-state index contributed by atoms with van der Waals surface area (Å²) < 4.78 is 11.6. The number of benzene rings is 2. The van der Waals surface area contributed by atoms with E-state index < -0.39 is 0 Å². The highest BCUT2D eigenvalue weighted by atomic mass is 79.9. The Morgan fingerprint density at radius 2 is 1.96 bits per heavy atom. The van der Waals surface area contributed by atoms with Crippen LogP contribution in [0, 0.1) is 0 Å². The first-order valence-electron chi connectivity index (χ1n) is 7.93. The summed E-state index contributed by atoms with van der Waals surface area (Å²) in [6.07, 6.45) is 1.91. The van der Waals surface area contributed by atoms with Crippen LogP contribution in [0.2, 0.25) is 0 Å². The summed E-state index contributed by atoms with van der Waals surface area (Å²) >= 11 is 3.48. The normalized spacial score (nSPS) is 17.0. The van der Waals surface area contributed by atoms with Gasteiger partial charge in [0, 0.05) is 22.6 Å². The zero-order valence-electron chi connectivity index (χ0n) is 13.8. The van der Waals surface area contributed by atoms with E-state index >= 15 is 0 Å². The van der Waals surface area contributed by atoms with Gasteiger partial charge in [-0.2, -0.15) is 0 Å². The minimum atomic E-state index is 0.0189. The zero-order chi connectivity index (χ0) is 17.1. The minimum Gasteiger partial charge on any atom is -0.497 e. The fourth-order valence-electron chi connectivity index (χ4n) is 3.22. The summed E-state index contributed by atoms with van der Waals surface area (Å²) in [5, 5.41) is 0. The maximum absolute atomic E-state index is 13.0. The molecule has 0 radical (unpaired) electrons. The third-order valence-electron chi connectivity index (χ3n) is 4.42. The van der Waals surface area contributed by atoms with Crippen LogP contribution in [0.4, 0.5) is 0 Å². The van der Waals surface area contributed by atoms with Crippen LogP contribution in [-0.2, 0) is 0 Å². The smallest absolute Gasteiger partial charge is 0.255 e. The zero-order valence-corrected chi connectivity index (χ0v) is 15.4. The highest BCUT2D eigenvalue weighted by Crippen LogP contribution is 2.39. The Morgan fingerprint density at radius 3 is 2.67 bits per heavy atom. The van der Waals surface area contributed by atoms with E-state index in [1.165, 1.54) is 0 Å². The molecule has 0 aromatic heterocycles. The molecule has 0 aliphatic carbocycles. The number of carbonyl (C=O) groups is 1. The second-order valence-electron chi connectivity index (χ2n) is 5.74. The Balaban J connectivity index is 1.94. The number of likely N-dealkylation sites (tertiary alicyclic amines) is 1. The molecule has 1 aliphatic rings. The molecule has 5 heteroatoms. The van der Waals surface area contributed by atoms with Crippen molar-refractivity contribution in [2.45, 2.75) is 18.9 Å². The van der Waals surface area contributed by atoms with Crippen molar-refractivity contribution in [1.82, 2.24) is 4.90 Å². The van der Waals surface area contributed by atoms with Crippen LogP contribution in [0.15, 0.2) is 46.9 Å². The van der Waals surface area contributed by atoms with Gasteiger partial charge in [-0.15, -0.1) is 0 Å². The Morgan fingerprint density at radius 1 is 1.17 bits per heavy atom. The van der Waals surface area contributed by atoms with Gasteiger partial charge in [-0.25, -0.2) is 0 Å². The largest absolute Gasteiger partial charge is 0.497 e. The molecule has 1 aliphatic heterocycles. The summed E-state index contributed by atoms with van der Waals surface area (Å²) in [4.78, 5) is 14.9. The predicted molar refractivity (Wildman–Crippen MR) is 96.7 cm³/mol. The number of ether oxygens (including phenoxy) is 2. The first-order chi connectivity index (χ1) is 11.7. The number of amides is 1. The SMILES string of the molecule is COc1ccc([C@H]2CCCN2C(=O)c2ccccc2Br)c(OC)c1. The first kappa shape index (κ1) is 16.8. The van der Waals surface area contributed by atoms with E-state index in [9.17, 15) is 4.79 Å². The maximum atomic E-state index is 13.0. The summed E-state index contributed by atoms with van der Waals surface area (Å²) in [7, 11) is 3.28. The van der Waals surface area contributed by atoms with Crippen LogP contribution in [0.25, 0.3) is 0 Å². The fourth-order valence-corrected chi connectivity index (χ4v) is 3.67. The van der Waals surface area contributed by atoms with Crippen molar-refractivity contribution in [2.75, 3.05) is 20.8 Å². The molecule has 1 heterocycles. The molecule has 24 heavy (non-hydrogen) atoms. The summed E-state index contributed by atoms with van der Waals surface area (Å²) in [5.41, 5.74) is 1.72. The molecule has 0 N–H and O–H groups in total. The highest BCUT2D eigenvalue weighted by molar-refractivity contribution is 9.10. The molecule has 4 nitrogen and oxygen atoms in total. The fraction of sp³-hybridized carbons (Fsp3) is 0.316. The second-order valence-corrected chi connectivity index (χ2v) is 6.60. The molecular formula is C19H20BrNO3. The Hall–Kier alpha value is -2.01. The van der Waals surface area contributed by atoms with E-state index in [-0.39, 0.29) is 11.9 Å². The van der Waals surface area contributed by atoms with E-state index in [0.29, 0.717) is 5.56 Å². The molecule has 2 aromatic carbocycles. The summed E-state index contributed by atoms with van der Waals surface area (Å²) in [6, 6.07) is 13.3. The van der Waals surface area contributed by atoms with Gasteiger partial charge < -0.3 is 14.4 Å². The number of halogens is 1. The second kappa shape index (κ2) is 7.26. The lowest BCUT2D eigenvalue weighted by Gasteiger charge is -2.27. The topological polar surface area (TPSA) is 38.8 Å². The summed E-state index contributed by atoms with van der Waals surface area (Å²) in [5.74, 6) is 1.55. The van der Waals surface area contributed by atoms with E-state index in [1.807, 2.05) is 47.4 Å².